The van der Waals surface area contributed by atoms with E-state index in [0.717, 1.165) is 6.26 Å². The highest BCUT2D eigenvalue weighted by Gasteiger charge is 2.07. The summed E-state index contributed by atoms with van der Waals surface area (Å²) >= 11 is 0. The third-order valence-electron chi connectivity index (χ3n) is 1.83. The van der Waals surface area contributed by atoms with Gasteiger partial charge in [0.2, 0.25) is 5.91 Å². The lowest BCUT2D eigenvalue weighted by molar-refractivity contribution is -0.115. The van der Waals surface area contributed by atoms with E-state index in [1.807, 2.05) is 0 Å². The minimum Gasteiger partial charge on any atom is -0.326 e. The number of halogens is 1. The van der Waals surface area contributed by atoms with E-state index in [1.54, 1.807) is 0 Å². The number of anilines is 1. The van der Waals surface area contributed by atoms with Crippen LogP contribution in [-0.4, -0.2) is 26.3 Å². The van der Waals surface area contributed by atoms with Gasteiger partial charge in [0, 0.05) is 18.4 Å². The van der Waals surface area contributed by atoms with Gasteiger partial charge in [0.25, 0.3) is 0 Å². The van der Waals surface area contributed by atoms with E-state index in [1.165, 1.54) is 24.3 Å². The molecule has 0 spiro atoms. The Morgan fingerprint density at radius 1 is 1.31 bits per heavy atom. The third kappa shape index (κ3) is 4.88. The molecule has 16 heavy (non-hydrogen) atoms. The number of hydrogen-bond donors (Lipinski definition) is 1. The maximum absolute atomic E-state index is 12.5. The van der Waals surface area contributed by atoms with Crippen LogP contribution >= 0.6 is 0 Å². The molecule has 0 atom stereocenters. The van der Waals surface area contributed by atoms with Gasteiger partial charge in [-0.1, -0.05) is 0 Å². The number of benzene rings is 1. The van der Waals surface area contributed by atoms with Crippen LogP contribution in [0.4, 0.5) is 10.1 Å². The molecule has 0 heterocycles. The van der Waals surface area contributed by atoms with Gasteiger partial charge in [-0.3, -0.25) is 4.79 Å². The highest BCUT2D eigenvalue weighted by molar-refractivity contribution is 7.90. The Labute approximate surface area is 93.4 Å². The fraction of sp³-hybridized carbons (Fsp3) is 0.300. The molecule has 0 aliphatic heterocycles. The molecule has 4 nitrogen and oxygen atoms in total. The highest BCUT2D eigenvalue weighted by Crippen LogP contribution is 2.08. The van der Waals surface area contributed by atoms with Crippen molar-refractivity contribution in [2.75, 3.05) is 17.3 Å². The van der Waals surface area contributed by atoms with Gasteiger partial charge in [-0.25, -0.2) is 12.8 Å². The normalized spacial score (nSPS) is 11.1. The largest absolute Gasteiger partial charge is 0.326 e. The number of carbonyl (C=O) groups is 1. The van der Waals surface area contributed by atoms with Crippen molar-refractivity contribution in [2.45, 2.75) is 6.42 Å². The zero-order valence-corrected chi connectivity index (χ0v) is 9.55. The van der Waals surface area contributed by atoms with Crippen LogP contribution in [0.1, 0.15) is 6.42 Å². The summed E-state index contributed by atoms with van der Waals surface area (Å²) in [4.78, 5) is 11.3. The lowest BCUT2D eigenvalue weighted by atomic mass is 10.3. The van der Waals surface area contributed by atoms with E-state index in [2.05, 4.69) is 5.32 Å². The molecule has 0 unspecified atom stereocenters. The highest BCUT2D eigenvalue weighted by atomic mass is 32.2. The van der Waals surface area contributed by atoms with Crippen LogP contribution in [0.2, 0.25) is 0 Å². The van der Waals surface area contributed by atoms with Gasteiger partial charge < -0.3 is 5.32 Å². The summed E-state index contributed by atoms with van der Waals surface area (Å²) in [7, 11) is -3.14. The Bertz CT molecular complexity index is 467. The molecule has 1 amide bonds. The summed E-state index contributed by atoms with van der Waals surface area (Å²) in [5, 5.41) is 2.47. The van der Waals surface area contributed by atoms with Crippen LogP contribution in [-0.2, 0) is 14.6 Å². The van der Waals surface area contributed by atoms with Crippen LogP contribution in [0.5, 0.6) is 0 Å². The lowest BCUT2D eigenvalue weighted by Crippen LogP contribution is -2.16. The summed E-state index contributed by atoms with van der Waals surface area (Å²) < 4.78 is 34.1. The maximum Gasteiger partial charge on any atom is 0.225 e. The number of rotatable bonds is 4. The second-order valence-electron chi connectivity index (χ2n) is 3.43. The first-order valence-electron chi connectivity index (χ1n) is 4.60. The fourth-order valence-corrected chi connectivity index (χ4v) is 1.59. The van der Waals surface area contributed by atoms with E-state index in [4.69, 9.17) is 0 Å². The van der Waals surface area contributed by atoms with Crippen molar-refractivity contribution >= 4 is 21.4 Å². The van der Waals surface area contributed by atoms with Gasteiger partial charge in [-0.15, -0.1) is 0 Å². The second kappa shape index (κ2) is 5.07. The van der Waals surface area contributed by atoms with Crippen molar-refractivity contribution in [3.8, 4) is 0 Å². The minimum absolute atomic E-state index is 0.101. The zero-order chi connectivity index (χ0) is 12.2. The number of amides is 1. The first-order chi connectivity index (χ1) is 7.37. The molecule has 0 saturated carbocycles. The Morgan fingerprint density at radius 3 is 2.38 bits per heavy atom. The first kappa shape index (κ1) is 12.6. The predicted molar refractivity (Wildman–Crippen MR) is 59.4 cm³/mol. The average molecular weight is 245 g/mol. The Hall–Kier alpha value is -1.43. The molecule has 0 aliphatic rings. The molecular weight excluding hydrogens is 233 g/mol. The Kier molecular flexibility index (Phi) is 4.00. The van der Waals surface area contributed by atoms with Crippen molar-refractivity contribution in [3.05, 3.63) is 30.1 Å². The molecule has 0 aromatic heterocycles. The summed E-state index contributed by atoms with van der Waals surface area (Å²) in [6.45, 7) is 0. The van der Waals surface area contributed by atoms with E-state index in [9.17, 15) is 17.6 Å². The van der Waals surface area contributed by atoms with Gasteiger partial charge >= 0.3 is 0 Å². The number of sulfone groups is 1. The summed E-state index contributed by atoms with van der Waals surface area (Å²) in [6, 6.07) is 5.25. The molecule has 1 aromatic rings. The van der Waals surface area contributed by atoms with E-state index < -0.39 is 21.6 Å². The van der Waals surface area contributed by atoms with Gasteiger partial charge in [0.15, 0.2) is 0 Å². The molecule has 0 fully saturated rings. The van der Waals surface area contributed by atoms with E-state index >= 15 is 0 Å². The number of nitrogens with one attached hydrogen (secondary N) is 1. The molecule has 1 N–H and O–H groups in total. The molecule has 1 aromatic carbocycles. The van der Waals surface area contributed by atoms with Crippen LogP contribution in [0.15, 0.2) is 24.3 Å². The molecule has 1 rings (SSSR count). The second-order valence-corrected chi connectivity index (χ2v) is 5.69. The van der Waals surface area contributed by atoms with Crippen molar-refractivity contribution in [2.24, 2.45) is 0 Å². The zero-order valence-electron chi connectivity index (χ0n) is 8.73. The van der Waals surface area contributed by atoms with E-state index in [-0.39, 0.29) is 12.2 Å². The van der Waals surface area contributed by atoms with Crippen LogP contribution in [0.25, 0.3) is 0 Å². The topological polar surface area (TPSA) is 63.2 Å². The SMILES string of the molecule is CS(=O)(=O)CCC(=O)Nc1ccc(F)cc1. The summed E-state index contributed by atoms with van der Waals surface area (Å²) in [5.74, 6) is -0.994. The summed E-state index contributed by atoms with van der Waals surface area (Å²) in [5.41, 5.74) is 0.444. The quantitative estimate of drug-likeness (QED) is 0.867. The molecule has 88 valence electrons. The van der Waals surface area contributed by atoms with Crippen LogP contribution < -0.4 is 5.32 Å². The molecule has 0 bridgehead atoms. The fourth-order valence-electron chi connectivity index (χ4n) is 1.03. The van der Waals surface area contributed by atoms with Crippen molar-refractivity contribution in [3.63, 3.8) is 0 Å². The Morgan fingerprint density at radius 2 is 1.88 bits per heavy atom. The van der Waals surface area contributed by atoms with Crippen molar-refractivity contribution < 1.29 is 17.6 Å². The van der Waals surface area contributed by atoms with E-state index in [0.29, 0.717) is 5.69 Å². The third-order valence-corrected chi connectivity index (χ3v) is 2.77. The maximum atomic E-state index is 12.5. The van der Waals surface area contributed by atoms with Crippen molar-refractivity contribution in [1.82, 2.24) is 0 Å². The first-order valence-corrected chi connectivity index (χ1v) is 6.66. The van der Waals surface area contributed by atoms with Gasteiger partial charge in [-0.2, -0.15) is 0 Å². The van der Waals surface area contributed by atoms with Crippen molar-refractivity contribution in [1.29, 1.82) is 0 Å². The van der Waals surface area contributed by atoms with Gasteiger partial charge in [-0.05, 0) is 24.3 Å². The molecule has 0 radical (unpaired) electrons. The molecular formula is C10H12FNO3S. The molecule has 0 aliphatic carbocycles. The summed E-state index contributed by atoms with van der Waals surface area (Å²) in [6.07, 6.45) is 0.967. The van der Waals surface area contributed by atoms with Gasteiger partial charge in [0.1, 0.15) is 15.7 Å². The monoisotopic (exact) mass is 245 g/mol. The predicted octanol–water partition coefficient (Wildman–Crippen LogP) is 1.20. The smallest absolute Gasteiger partial charge is 0.225 e. The lowest BCUT2D eigenvalue weighted by Gasteiger charge is -2.04. The minimum atomic E-state index is -3.14. The number of hydrogen-bond acceptors (Lipinski definition) is 3. The molecule has 0 saturated heterocycles. The standard InChI is InChI=1S/C10H12FNO3S/c1-16(14,15)7-6-10(13)12-9-4-2-8(11)3-5-9/h2-5H,6-7H2,1H3,(H,12,13). The van der Waals surface area contributed by atoms with Crippen LogP contribution in [0.3, 0.4) is 0 Å². The Balaban J connectivity index is 2.49. The van der Waals surface area contributed by atoms with Gasteiger partial charge in [0.05, 0.1) is 5.75 Å². The molecule has 6 heteroatoms. The average Bonchev–Trinajstić information content (AvgIpc) is 2.18. The number of carbonyl (C=O) groups excluding carboxylic acids is 1. The van der Waals surface area contributed by atoms with Crippen LogP contribution in [0, 0.1) is 5.82 Å².